The third kappa shape index (κ3) is 4.19. The number of hydrogen-bond donors (Lipinski definition) is 0. The predicted octanol–water partition coefficient (Wildman–Crippen LogP) is 5.55. The van der Waals surface area contributed by atoms with Gasteiger partial charge < -0.3 is 4.74 Å². The van der Waals surface area contributed by atoms with E-state index in [1.54, 1.807) is 54.6 Å². The molecule has 2 fully saturated rings. The lowest BCUT2D eigenvalue weighted by Crippen LogP contribution is -2.37. The van der Waals surface area contributed by atoms with E-state index in [1.807, 2.05) is 6.92 Å². The van der Waals surface area contributed by atoms with Gasteiger partial charge in [-0.15, -0.1) is 0 Å². The van der Waals surface area contributed by atoms with Gasteiger partial charge in [-0.05, 0) is 60.5 Å². The minimum Gasteiger partial charge on any atom is -0.494 e. The molecule has 2 aliphatic rings. The second kappa shape index (κ2) is 9.31. The number of benzene rings is 3. The van der Waals surface area contributed by atoms with Crippen molar-refractivity contribution in [3.05, 3.63) is 90.0 Å². The van der Waals surface area contributed by atoms with Crippen molar-refractivity contribution in [2.75, 3.05) is 16.6 Å². The largest absolute Gasteiger partial charge is 0.494 e. The Morgan fingerprint density at radius 3 is 2.28 bits per heavy atom. The van der Waals surface area contributed by atoms with E-state index < -0.39 is 41.6 Å². The third-order valence-electron chi connectivity index (χ3n) is 6.25. The fourth-order valence-electron chi connectivity index (χ4n) is 4.62. The molecule has 0 spiro atoms. The van der Waals surface area contributed by atoms with Gasteiger partial charge in [-0.25, -0.2) is 9.96 Å². The van der Waals surface area contributed by atoms with Crippen molar-refractivity contribution in [3.63, 3.8) is 0 Å². The first-order valence-corrected chi connectivity index (χ1v) is 11.6. The van der Waals surface area contributed by atoms with Crippen molar-refractivity contribution in [1.29, 1.82) is 0 Å². The zero-order valence-electron chi connectivity index (χ0n) is 19.3. The van der Waals surface area contributed by atoms with Crippen LogP contribution in [0.5, 0.6) is 5.75 Å². The van der Waals surface area contributed by atoms with Crippen LogP contribution in [0.25, 0.3) is 0 Å². The quantitative estimate of drug-likeness (QED) is 0.419. The van der Waals surface area contributed by atoms with Crippen LogP contribution in [0, 0.1) is 5.92 Å². The second-order valence-corrected chi connectivity index (χ2v) is 8.64. The van der Waals surface area contributed by atoms with Crippen LogP contribution >= 0.6 is 0 Å². The Bertz CT molecular complexity index is 1260. The van der Waals surface area contributed by atoms with E-state index in [-0.39, 0.29) is 5.56 Å². The fourth-order valence-corrected chi connectivity index (χ4v) is 4.62. The van der Waals surface area contributed by atoms with Crippen molar-refractivity contribution < 1.29 is 32.3 Å². The van der Waals surface area contributed by atoms with E-state index in [9.17, 15) is 22.8 Å². The number of carbonyl (C=O) groups excluding carboxylic acids is 2. The van der Waals surface area contributed by atoms with Gasteiger partial charge in [-0.1, -0.05) is 37.3 Å². The van der Waals surface area contributed by atoms with Crippen molar-refractivity contribution in [2.45, 2.75) is 31.7 Å². The molecule has 0 bridgehead atoms. The summed E-state index contributed by atoms with van der Waals surface area (Å²) in [6.07, 6.45) is -4.90. The Morgan fingerprint density at radius 2 is 1.61 bits per heavy atom. The Kier molecular flexibility index (Phi) is 6.17. The van der Waals surface area contributed by atoms with Gasteiger partial charge in [0.25, 0.3) is 5.91 Å². The summed E-state index contributed by atoms with van der Waals surface area (Å²) < 4.78 is 46.0. The number of nitrogens with zero attached hydrogens (tertiary/aromatic N) is 2. The molecule has 36 heavy (non-hydrogen) atoms. The number of hydroxylamine groups is 1. The summed E-state index contributed by atoms with van der Waals surface area (Å²) >= 11 is 0. The minimum atomic E-state index is -4.56. The lowest BCUT2D eigenvalue weighted by molar-refractivity contribution is -0.137. The first-order chi connectivity index (χ1) is 17.3. The van der Waals surface area contributed by atoms with Crippen LogP contribution in [-0.4, -0.2) is 24.5 Å². The molecule has 2 saturated heterocycles. The van der Waals surface area contributed by atoms with Crippen LogP contribution in [0.2, 0.25) is 0 Å². The molecule has 0 aromatic heterocycles. The number of alkyl halides is 3. The third-order valence-corrected chi connectivity index (χ3v) is 6.25. The zero-order chi connectivity index (χ0) is 25.4. The number of fused-ring (bicyclic) bond motifs is 1. The second-order valence-electron chi connectivity index (χ2n) is 8.64. The standard InChI is InChI=1S/C27H23F3N2O4/c1-2-15-35-21-13-11-19(12-14-21)31-25(33)22-23(17-7-6-8-18(16-17)27(28,29)30)32(36-24(22)26(31)34)20-9-4-3-5-10-20/h3-14,16,22-24H,2,15H2,1H3/t22-,23-,24+/m1/s1. The lowest BCUT2D eigenvalue weighted by Gasteiger charge is -2.29. The molecular weight excluding hydrogens is 473 g/mol. The maximum Gasteiger partial charge on any atom is 0.416 e. The van der Waals surface area contributed by atoms with Gasteiger partial charge in [0, 0.05) is 0 Å². The van der Waals surface area contributed by atoms with Gasteiger partial charge >= 0.3 is 6.18 Å². The highest BCUT2D eigenvalue weighted by Gasteiger charge is 2.60. The van der Waals surface area contributed by atoms with Gasteiger partial charge in [0.05, 0.1) is 29.6 Å². The molecule has 2 amide bonds. The molecule has 3 aromatic rings. The molecule has 3 atom stereocenters. The number of hydrogen-bond acceptors (Lipinski definition) is 5. The summed E-state index contributed by atoms with van der Waals surface area (Å²) in [6, 6.07) is 19.1. The maximum atomic E-state index is 13.6. The Balaban J connectivity index is 1.53. The highest BCUT2D eigenvalue weighted by atomic mass is 19.4. The molecular formula is C27H23F3N2O4. The number of amides is 2. The average molecular weight is 496 g/mol. The molecule has 2 aliphatic heterocycles. The van der Waals surface area contributed by atoms with Crippen molar-refractivity contribution in [3.8, 4) is 5.75 Å². The molecule has 0 radical (unpaired) electrons. The molecule has 0 unspecified atom stereocenters. The first kappa shape index (κ1) is 23.9. The molecule has 0 aliphatic carbocycles. The Hall–Kier alpha value is -3.85. The summed E-state index contributed by atoms with van der Waals surface area (Å²) in [6.45, 7) is 2.52. The monoisotopic (exact) mass is 496 g/mol. The van der Waals surface area contributed by atoms with Crippen LogP contribution in [0.15, 0.2) is 78.9 Å². The average Bonchev–Trinajstić information content (AvgIpc) is 3.39. The molecule has 2 heterocycles. The number of imide groups is 1. The number of halogens is 3. The normalized spacial score (nSPS) is 21.7. The SMILES string of the molecule is CCCOc1ccc(N2C(=O)[C@H]3[C@H](ON(c4ccccc4)[C@@H]3c3cccc(C(F)(F)F)c3)C2=O)cc1. The summed E-state index contributed by atoms with van der Waals surface area (Å²) in [5.41, 5.74) is 0.264. The van der Waals surface area contributed by atoms with Crippen molar-refractivity contribution in [1.82, 2.24) is 0 Å². The summed E-state index contributed by atoms with van der Waals surface area (Å²) in [7, 11) is 0. The molecule has 6 nitrogen and oxygen atoms in total. The van der Waals surface area contributed by atoms with E-state index in [0.29, 0.717) is 23.7 Å². The number of carbonyl (C=O) groups is 2. The highest BCUT2D eigenvalue weighted by Crippen LogP contribution is 2.48. The lowest BCUT2D eigenvalue weighted by atomic mass is 9.89. The molecule has 0 N–H and O–H groups in total. The van der Waals surface area contributed by atoms with Crippen molar-refractivity contribution in [2.24, 2.45) is 5.92 Å². The molecule has 186 valence electrons. The number of rotatable bonds is 6. The minimum absolute atomic E-state index is 0.229. The van der Waals surface area contributed by atoms with Crippen molar-refractivity contribution >= 4 is 23.2 Å². The topological polar surface area (TPSA) is 59.1 Å². The van der Waals surface area contributed by atoms with Crippen LogP contribution in [0.1, 0.15) is 30.5 Å². The van der Waals surface area contributed by atoms with E-state index in [1.165, 1.54) is 17.2 Å². The first-order valence-electron chi connectivity index (χ1n) is 11.6. The van der Waals surface area contributed by atoms with Crippen LogP contribution < -0.4 is 14.7 Å². The van der Waals surface area contributed by atoms with E-state index in [0.717, 1.165) is 23.5 Å². The summed E-state index contributed by atoms with van der Waals surface area (Å²) in [4.78, 5) is 34.1. The number of anilines is 2. The van der Waals surface area contributed by atoms with Gasteiger partial charge in [0.15, 0.2) is 6.10 Å². The number of ether oxygens (including phenoxy) is 1. The zero-order valence-corrected chi connectivity index (χ0v) is 19.3. The Labute approximate surface area is 205 Å². The van der Waals surface area contributed by atoms with Gasteiger partial charge in [0.1, 0.15) is 11.7 Å². The summed E-state index contributed by atoms with van der Waals surface area (Å²) in [5, 5.41) is 1.37. The van der Waals surface area contributed by atoms with Crippen LogP contribution in [-0.2, 0) is 20.6 Å². The van der Waals surface area contributed by atoms with E-state index >= 15 is 0 Å². The van der Waals surface area contributed by atoms with Gasteiger partial charge in [0.2, 0.25) is 5.91 Å². The van der Waals surface area contributed by atoms with E-state index in [4.69, 9.17) is 9.57 Å². The molecule has 0 saturated carbocycles. The van der Waals surface area contributed by atoms with Gasteiger partial charge in [-0.2, -0.15) is 13.2 Å². The molecule has 3 aromatic carbocycles. The maximum absolute atomic E-state index is 13.6. The van der Waals surface area contributed by atoms with Gasteiger partial charge in [-0.3, -0.25) is 14.4 Å². The predicted molar refractivity (Wildman–Crippen MR) is 126 cm³/mol. The highest BCUT2D eigenvalue weighted by molar-refractivity contribution is 6.23. The fraction of sp³-hybridized carbons (Fsp3) is 0.259. The molecule has 5 rings (SSSR count). The smallest absolute Gasteiger partial charge is 0.416 e. The molecule has 9 heteroatoms. The number of para-hydroxylation sites is 1. The van der Waals surface area contributed by atoms with Crippen LogP contribution in [0.3, 0.4) is 0 Å². The Morgan fingerprint density at radius 1 is 0.889 bits per heavy atom. The summed E-state index contributed by atoms with van der Waals surface area (Å²) in [5.74, 6) is -1.53. The van der Waals surface area contributed by atoms with E-state index in [2.05, 4.69) is 0 Å². The van der Waals surface area contributed by atoms with Crippen LogP contribution in [0.4, 0.5) is 24.5 Å².